The van der Waals surface area contributed by atoms with E-state index in [0.29, 0.717) is 19.5 Å². The molecule has 0 saturated heterocycles. The summed E-state index contributed by atoms with van der Waals surface area (Å²) in [5.74, 6) is 0.891. The van der Waals surface area contributed by atoms with Gasteiger partial charge in [0, 0.05) is 27.2 Å². The molecule has 20 heavy (non-hydrogen) atoms. The average Bonchev–Trinajstić information content (AvgIpc) is 2.50. The van der Waals surface area contributed by atoms with Crippen LogP contribution in [0.3, 0.4) is 0 Å². The molecule has 1 rings (SSSR count). The van der Waals surface area contributed by atoms with Crippen molar-refractivity contribution in [2.75, 3.05) is 34.4 Å². The van der Waals surface area contributed by atoms with Gasteiger partial charge >= 0.3 is 0 Å². The minimum atomic E-state index is -0.212. The van der Waals surface area contributed by atoms with Crippen molar-refractivity contribution in [3.8, 4) is 5.75 Å². The molecule has 1 aromatic rings. The van der Waals surface area contributed by atoms with Crippen LogP contribution in [0, 0.1) is 0 Å². The van der Waals surface area contributed by atoms with E-state index >= 15 is 0 Å². The molecule has 0 fully saturated rings. The fraction of sp³-hybridized carbons (Fsp3) is 0.533. The molecule has 0 bridgehead atoms. The first kappa shape index (κ1) is 16.5. The van der Waals surface area contributed by atoms with Crippen LogP contribution >= 0.6 is 0 Å². The van der Waals surface area contributed by atoms with Crippen molar-refractivity contribution in [3.05, 3.63) is 29.8 Å². The molecular weight excluding hydrogens is 256 g/mol. The van der Waals surface area contributed by atoms with E-state index in [-0.39, 0.29) is 12.0 Å². The Labute approximate surface area is 120 Å². The van der Waals surface area contributed by atoms with Crippen LogP contribution in [0.4, 0.5) is 0 Å². The van der Waals surface area contributed by atoms with Crippen molar-refractivity contribution in [2.24, 2.45) is 5.73 Å². The number of carbonyl (C=O) groups excluding carboxylic acids is 1. The van der Waals surface area contributed by atoms with Crippen molar-refractivity contribution in [1.82, 2.24) is 4.90 Å². The van der Waals surface area contributed by atoms with E-state index in [1.54, 1.807) is 26.2 Å². The summed E-state index contributed by atoms with van der Waals surface area (Å²) < 4.78 is 10.4. The molecule has 1 atom stereocenters. The highest BCUT2D eigenvalue weighted by atomic mass is 16.5. The number of amides is 1. The number of nitrogens with two attached hydrogens (primary N) is 1. The van der Waals surface area contributed by atoms with Gasteiger partial charge in [0.05, 0.1) is 19.6 Å². The van der Waals surface area contributed by atoms with Crippen LogP contribution in [0.25, 0.3) is 0 Å². The number of ether oxygens (including phenoxy) is 2. The zero-order chi connectivity index (χ0) is 15.0. The summed E-state index contributed by atoms with van der Waals surface area (Å²) in [6, 6.07) is 7.83. The van der Waals surface area contributed by atoms with Gasteiger partial charge in [-0.2, -0.15) is 0 Å². The van der Waals surface area contributed by atoms with Gasteiger partial charge in [-0.15, -0.1) is 0 Å². The predicted molar refractivity (Wildman–Crippen MR) is 78.8 cm³/mol. The minimum absolute atomic E-state index is 0.0391. The van der Waals surface area contributed by atoms with Crippen LogP contribution in [-0.4, -0.2) is 51.3 Å². The summed E-state index contributed by atoms with van der Waals surface area (Å²) in [6.45, 7) is 0.989. The van der Waals surface area contributed by atoms with E-state index in [1.807, 2.05) is 24.3 Å². The van der Waals surface area contributed by atoms with E-state index in [2.05, 4.69) is 0 Å². The Balaban J connectivity index is 2.50. The van der Waals surface area contributed by atoms with Crippen LogP contribution in [0.2, 0.25) is 0 Å². The van der Waals surface area contributed by atoms with Gasteiger partial charge in [0.25, 0.3) is 0 Å². The summed E-state index contributed by atoms with van der Waals surface area (Å²) in [4.78, 5) is 13.7. The van der Waals surface area contributed by atoms with E-state index in [1.165, 1.54) is 0 Å². The number of benzene rings is 1. The van der Waals surface area contributed by atoms with Gasteiger partial charge in [-0.1, -0.05) is 18.2 Å². The van der Waals surface area contributed by atoms with Crippen LogP contribution < -0.4 is 10.5 Å². The molecule has 1 amide bonds. The van der Waals surface area contributed by atoms with E-state index < -0.39 is 0 Å². The third kappa shape index (κ3) is 4.83. The molecule has 0 aromatic heterocycles. The van der Waals surface area contributed by atoms with Gasteiger partial charge in [0.1, 0.15) is 5.75 Å². The molecule has 1 unspecified atom stereocenters. The zero-order valence-electron chi connectivity index (χ0n) is 12.5. The largest absolute Gasteiger partial charge is 0.496 e. The molecule has 0 saturated carbocycles. The van der Waals surface area contributed by atoms with E-state index in [4.69, 9.17) is 15.2 Å². The molecule has 0 radical (unpaired) electrons. The standard InChI is InChI=1S/C15H24N2O3/c1-17(15(18)10-13(11-16)19-2)9-8-12-6-4-5-7-14(12)20-3/h4-7,13H,8-11,16H2,1-3H3. The lowest BCUT2D eigenvalue weighted by Crippen LogP contribution is -2.34. The summed E-state index contributed by atoms with van der Waals surface area (Å²) in [6.07, 6.45) is 0.860. The number of nitrogens with zero attached hydrogens (tertiary/aromatic N) is 1. The maximum atomic E-state index is 12.0. The topological polar surface area (TPSA) is 64.8 Å². The Kier molecular flexibility index (Phi) is 7.04. The minimum Gasteiger partial charge on any atom is -0.496 e. The third-order valence-electron chi connectivity index (χ3n) is 3.33. The normalized spacial score (nSPS) is 12.0. The molecule has 1 aromatic carbocycles. The molecule has 0 heterocycles. The fourth-order valence-corrected chi connectivity index (χ4v) is 1.94. The monoisotopic (exact) mass is 280 g/mol. The van der Waals surface area contributed by atoms with E-state index in [0.717, 1.165) is 17.7 Å². The maximum Gasteiger partial charge on any atom is 0.224 e. The number of carbonyl (C=O) groups is 1. The molecule has 112 valence electrons. The molecule has 0 spiro atoms. The highest BCUT2D eigenvalue weighted by molar-refractivity contribution is 5.76. The second-order valence-corrected chi connectivity index (χ2v) is 4.67. The SMILES string of the molecule is COc1ccccc1CCN(C)C(=O)CC(CN)OC. The Bertz CT molecular complexity index is 419. The molecule has 0 aliphatic carbocycles. The number of rotatable bonds is 8. The smallest absolute Gasteiger partial charge is 0.224 e. The van der Waals surface area contributed by atoms with Crippen molar-refractivity contribution in [2.45, 2.75) is 18.9 Å². The number of para-hydroxylation sites is 1. The van der Waals surface area contributed by atoms with Crippen molar-refractivity contribution < 1.29 is 14.3 Å². The molecule has 5 nitrogen and oxygen atoms in total. The molecular formula is C15H24N2O3. The molecule has 5 heteroatoms. The zero-order valence-corrected chi connectivity index (χ0v) is 12.5. The quantitative estimate of drug-likeness (QED) is 0.773. The summed E-state index contributed by atoms with van der Waals surface area (Å²) in [7, 11) is 5.01. The number of methoxy groups -OCH3 is 2. The second-order valence-electron chi connectivity index (χ2n) is 4.67. The van der Waals surface area contributed by atoms with E-state index in [9.17, 15) is 4.79 Å². The lowest BCUT2D eigenvalue weighted by molar-refractivity contribution is -0.132. The van der Waals surface area contributed by atoms with Gasteiger partial charge in [0.2, 0.25) is 5.91 Å². The highest BCUT2D eigenvalue weighted by Gasteiger charge is 2.15. The lowest BCUT2D eigenvalue weighted by Gasteiger charge is -2.20. The first-order chi connectivity index (χ1) is 9.62. The van der Waals surface area contributed by atoms with Crippen LogP contribution in [0.15, 0.2) is 24.3 Å². The molecule has 2 N–H and O–H groups in total. The van der Waals surface area contributed by atoms with Crippen LogP contribution in [0.1, 0.15) is 12.0 Å². The average molecular weight is 280 g/mol. The highest BCUT2D eigenvalue weighted by Crippen LogP contribution is 2.18. The first-order valence-corrected chi connectivity index (χ1v) is 6.71. The molecule has 0 aliphatic rings. The number of likely N-dealkylation sites (N-methyl/N-ethyl adjacent to an activating group) is 1. The van der Waals surface area contributed by atoms with Crippen molar-refractivity contribution in [1.29, 1.82) is 0 Å². The van der Waals surface area contributed by atoms with Gasteiger partial charge in [-0.25, -0.2) is 0 Å². The first-order valence-electron chi connectivity index (χ1n) is 6.71. The summed E-state index contributed by atoms with van der Waals surface area (Å²) in [5, 5.41) is 0. The lowest BCUT2D eigenvalue weighted by atomic mass is 10.1. The Hall–Kier alpha value is -1.59. The Morgan fingerprint density at radius 1 is 1.35 bits per heavy atom. The Morgan fingerprint density at radius 3 is 2.65 bits per heavy atom. The third-order valence-corrected chi connectivity index (χ3v) is 3.33. The van der Waals surface area contributed by atoms with Crippen molar-refractivity contribution in [3.63, 3.8) is 0 Å². The van der Waals surface area contributed by atoms with Crippen LogP contribution in [0.5, 0.6) is 5.75 Å². The van der Waals surface area contributed by atoms with Gasteiger partial charge < -0.3 is 20.1 Å². The van der Waals surface area contributed by atoms with Gasteiger partial charge in [0.15, 0.2) is 0 Å². The number of hydrogen-bond acceptors (Lipinski definition) is 4. The van der Waals surface area contributed by atoms with Gasteiger partial charge in [-0.3, -0.25) is 4.79 Å². The van der Waals surface area contributed by atoms with Crippen LogP contribution in [-0.2, 0) is 16.0 Å². The fourth-order valence-electron chi connectivity index (χ4n) is 1.94. The van der Waals surface area contributed by atoms with Crippen molar-refractivity contribution >= 4 is 5.91 Å². The Morgan fingerprint density at radius 2 is 2.05 bits per heavy atom. The summed E-state index contributed by atoms with van der Waals surface area (Å²) in [5.41, 5.74) is 6.62. The molecule has 0 aliphatic heterocycles. The van der Waals surface area contributed by atoms with Gasteiger partial charge in [-0.05, 0) is 18.1 Å². The second kappa shape index (κ2) is 8.55. The predicted octanol–water partition coefficient (Wildman–Crippen LogP) is 1.06. The summed E-state index contributed by atoms with van der Waals surface area (Å²) >= 11 is 0. The maximum absolute atomic E-state index is 12.0. The number of hydrogen-bond donors (Lipinski definition) is 1.